The third-order valence-electron chi connectivity index (χ3n) is 2.74. The van der Waals surface area contributed by atoms with Gasteiger partial charge in [0.15, 0.2) is 0 Å². The Morgan fingerprint density at radius 1 is 1.44 bits per heavy atom. The first-order valence-corrected chi connectivity index (χ1v) is 6.46. The van der Waals surface area contributed by atoms with E-state index in [0.29, 0.717) is 0 Å². The van der Waals surface area contributed by atoms with Crippen LogP contribution in [0.3, 0.4) is 0 Å². The zero-order valence-electron chi connectivity index (χ0n) is 10.7. The van der Waals surface area contributed by atoms with Crippen LogP contribution in [-0.2, 0) is 13.6 Å². The van der Waals surface area contributed by atoms with E-state index >= 15 is 0 Å². The van der Waals surface area contributed by atoms with Crippen LogP contribution < -0.4 is 10.1 Å². The minimum absolute atomic E-state index is 0.727. The van der Waals surface area contributed by atoms with Gasteiger partial charge in [0, 0.05) is 24.3 Å². The van der Waals surface area contributed by atoms with Gasteiger partial charge < -0.3 is 10.1 Å². The minimum Gasteiger partial charge on any atom is -0.497 e. The number of aryl methyl sites for hydroxylation is 2. The number of nitrogens with one attached hydrogen (secondary N) is 1. The average molecular weight is 310 g/mol. The minimum atomic E-state index is 0.727. The second-order valence-electron chi connectivity index (χ2n) is 4.11. The van der Waals surface area contributed by atoms with Crippen molar-refractivity contribution in [1.29, 1.82) is 0 Å². The smallest absolute Gasteiger partial charge is 0.119 e. The monoisotopic (exact) mass is 309 g/mol. The molecule has 0 saturated carbocycles. The average Bonchev–Trinajstić information content (AvgIpc) is 2.67. The molecule has 0 radical (unpaired) electrons. The van der Waals surface area contributed by atoms with Gasteiger partial charge in [0.05, 0.1) is 18.5 Å². The summed E-state index contributed by atoms with van der Waals surface area (Å²) in [4.78, 5) is 0. The highest BCUT2D eigenvalue weighted by Crippen LogP contribution is 2.23. The van der Waals surface area contributed by atoms with Crippen molar-refractivity contribution in [3.8, 4) is 5.75 Å². The summed E-state index contributed by atoms with van der Waals surface area (Å²) in [6, 6.07) is 5.94. The molecule has 18 heavy (non-hydrogen) atoms. The Bertz CT molecular complexity index is 551. The van der Waals surface area contributed by atoms with E-state index in [4.69, 9.17) is 4.74 Å². The molecular weight excluding hydrogens is 294 g/mol. The van der Waals surface area contributed by atoms with Gasteiger partial charge in [-0.1, -0.05) is 15.9 Å². The molecule has 0 saturated heterocycles. The molecule has 0 amide bonds. The molecule has 4 nitrogen and oxygen atoms in total. The van der Waals surface area contributed by atoms with Crippen LogP contribution >= 0.6 is 15.9 Å². The van der Waals surface area contributed by atoms with E-state index in [0.717, 1.165) is 33.7 Å². The van der Waals surface area contributed by atoms with Crippen LogP contribution in [0.15, 0.2) is 28.9 Å². The molecule has 1 aromatic heterocycles. The molecule has 1 heterocycles. The van der Waals surface area contributed by atoms with Crippen molar-refractivity contribution >= 4 is 21.6 Å². The largest absolute Gasteiger partial charge is 0.497 e. The number of benzene rings is 1. The Kier molecular flexibility index (Phi) is 3.91. The third kappa shape index (κ3) is 2.85. The number of hydrogen-bond acceptors (Lipinski definition) is 3. The van der Waals surface area contributed by atoms with E-state index in [1.165, 1.54) is 0 Å². The van der Waals surface area contributed by atoms with Crippen molar-refractivity contribution in [3.05, 3.63) is 40.1 Å². The molecule has 0 aliphatic rings. The number of methoxy groups -OCH3 is 1. The summed E-state index contributed by atoms with van der Waals surface area (Å²) in [5.41, 5.74) is 3.20. The molecule has 0 fully saturated rings. The Morgan fingerprint density at radius 3 is 2.83 bits per heavy atom. The fourth-order valence-corrected chi connectivity index (χ4v) is 2.16. The SMILES string of the molecule is COc1ccc(Br)c(CNc2cn(C)nc2C)c1. The van der Waals surface area contributed by atoms with Crippen LogP contribution in [0.25, 0.3) is 0 Å². The number of ether oxygens (including phenoxy) is 1. The van der Waals surface area contributed by atoms with Crippen LogP contribution in [0.2, 0.25) is 0 Å². The van der Waals surface area contributed by atoms with Crippen molar-refractivity contribution < 1.29 is 4.74 Å². The van der Waals surface area contributed by atoms with Crippen LogP contribution in [0.4, 0.5) is 5.69 Å². The van der Waals surface area contributed by atoms with Gasteiger partial charge in [0.25, 0.3) is 0 Å². The molecule has 0 aliphatic carbocycles. The first kappa shape index (κ1) is 13.0. The van der Waals surface area contributed by atoms with Gasteiger partial charge in [0.1, 0.15) is 5.75 Å². The summed E-state index contributed by atoms with van der Waals surface area (Å²) in [6.45, 7) is 2.72. The number of hydrogen-bond donors (Lipinski definition) is 1. The first-order valence-electron chi connectivity index (χ1n) is 5.66. The van der Waals surface area contributed by atoms with Gasteiger partial charge in [-0.3, -0.25) is 4.68 Å². The van der Waals surface area contributed by atoms with Gasteiger partial charge >= 0.3 is 0 Å². The fraction of sp³-hybridized carbons (Fsp3) is 0.308. The van der Waals surface area contributed by atoms with Crippen molar-refractivity contribution in [2.24, 2.45) is 7.05 Å². The van der Waals surface area contributed by atoms with Crippen molar-refractivity contribution in [3.63, 3.8) is 0 Å². The summed E-state index contributed by atoms with van der Waals surface area (Å²) in [5, 5.41) is 7.67. The van der Waals surface area contributed by atoms with Gasteiger partial charge in [-0.25, -0.2) is 0 Å². The lowest BCUT2D eigenvalue weighted by atomic mass is 10.2. The molecule has 96 valence electrons. The van der Waals surface area contributed by atoms with Gasteiger partial charge in [0.2, 0.25) is 0 Å². The van der Waals surface area contributed by atoms with Gasteiger partial charge in [-0.2, -0.15) is 5.10 Å². The lowest BCUT2D eigenvalue weighted by Crippen LogP contribution is -2.01. The van der Waals surface area contributed by atoms with Gasteiger partial charge in [-0.15, -0.1) is 0 Å². The number of aromatic nitrogens is 2. The number of nitrogens with zero attached hydrogens (tertiary/aromatic N) is 2. The predicted octanol–water partition coefficient (Wildman–Crippen LogP) is 3.11. The van der Waals surface area contributed by atoms with E-state index in [1.807, 2.05) is 38.4 Å². The predicted molar refractivity (Wildman–Crippen MR) is 76.0 cm³/mol. The normalized spacial score (nSPS) is 10.4. The molecule has 5 heteroatoms. The summed E-state index contributed by atoms with van der Waals surface area (Å²) < 4.78 is 8.10. The van der Waals surface area contributed by atoms with Crippen molar-refractivity contribution in [2.75, 3.05) is 12.4 Å². The Hall–Kier alpha value is -1.49. The highest BCUT2D eigenvalue weighted by molar-refractivity contribution is 9.10. The lowest BCUT2D eigenvalue weighted by molar-refractivity contribution is 0.414. The Labute approximate surface area is 115 Å². The standard InChI is InChI=1S/C13H16BrN3O/c1-9-13(8-17(2)16-9)15-7-10-6-11(18-3)4-5-12(10)14/h4-6,8,15H,7H2,1-3H3. The zero-order chi connectivity index (χ0) is 13.1. The van der Waals surface area contributed by atoms with Gasteiger partial charge in [-0.05, 0) is 30.7 Å². The summed E-state index contributed by atoms with van der Waals surface area (Å²) in [7, 11) is 3.59. The Balaban J connectivity index is 2.12. The third-order valence-corrected chi connectivity index (χ3v) is 3.51. The highest BCUT2D eigenvalue weighted by atomic mass is 79.9. The number of halogens is 1. The molecular formula is C13H16BrN3O. The topological polar surface area (TPSA) is 39.1 Å². The number of anilines is 1. The van der Waals surface area contributed by atoms with Crippen LogP contribution in [0.1, 0.15) is 11.3 Å². The molecule has 2 rings (SSSR count). The fourth-order valence-electron chi connectivity index (χ4n) is 1.78. The molecule has 1 N–H and O–H groups in total. The highest BCUT2D eigenvalue weighted by Gasteiger charge is 2.05. The molecule has 0 spiro atoms. The van der Waals surface area contributed by atoms with Crippen LogP contribution in [0, 0.1) is 6.92 Å². The Morgan fingerprint density at radius 2 is 2.22 bits per heavy atom. The van der Waals surface area contributed by atoms with E-state index in [-0.39, 0.29) is 0 Å². The summed E-state index contributed by atoms with van der Waals surface area (Å²) in [5.74, 6) is 0.859. The van der Waals surface area contributed by atoms with E-state index < -0.39 is 0 Å². The molecule has 0 unspecified atom stereocenters. The van der Waals surface area contributed by atoms with Crippen LogP contribution in [0.5, 0.6) is 5.75 Å². The maximum Gasteiger partial charge on any atom is 0.119 e. The quantitative estimate of drug-likeness (QED) is 0.943. The second kappa shape index (κ2) is 5.44. The van der Waals surface area contributed by atoms with E-state index in [2.05, 4.69) is 26.3 Å². The van der Waals surface area contributed by atoms with E-state index in [1.54, 1.807) is 11.8 Å². The summed E-state index contributed by atoms with van der Waals surface area (Å²) >= 11 is 3.54. The van der Waals surface area contributed by atoms with E-state index in [9.17, 15) is 0 Å². The lowest BCUT2D eigenvalue weighted by Gasteiger charge is -2.09. The molecule has 0 atom stereocenters. The maximum atomic E-state index is 5.22. The summed E-state index contributed by atoms with van der Waals surface area (Å²) in [6.07, 6.45) is 1.98. The van der Waals surface area contributed by atoms with Crippen LogP contribution in [-0.4, -0.2) is 16.9 Å². The molecule has 0 bridgehead atoms. The molecule has 0 aliphatic heterocycles. The van der Waals surface area contributed by atoms with Crippen molar-refractivity contribution in [2.45, 2.75) is 13.5 Å². The molecule has 1 aromatic carbocycles. The first-order chi connectivity index (χ1) is 8.60. The van der Waals surface area contributed by atoms with Crippen molar-refractivity contribution in [1.82, 2.24) is 9.78 Å². The number of rotatable bonds is 4. The zero-order valence-corrected chi connectivity index (χ0v) is 12.3. The maximum absolute atomic E-state index is 5.22. The molecule has 2 aromatic rings. The second-order valence-corrected chi connectivity index (χ2v) is 4.97.